The van der Waals surface area contributed by atoms with E-state index < -0.39 is 24.6 Å². The number of esters is 2. The summed E-state index contributed by atoms with van der Waals surface area (Å²) >= 11 is 0. The highest BCUT2D eigenvalue weighted by Crippen LogP contribution is 2.11. The van der Waals surface area contributed by atoms with Gasteiger partial charge in [0.15, 0.2) is 6.10 Å². The summed E-state index contributed by atoms with van der Waals surface area (Å²) in [4.78, 5) is 23.5. The van der Waals surface area contributed by atoms with Crippen LogP contribution in [0.5, 0.6) is 0 Å². The maximum Gasteiger partial charge on any atom is 0.385 e. The van der Waals surface area contributed by atoms with Gasteiger partial charge in [0.05, 0.1) is 6.61 Å². The number of carbonyl (C=O) groups is 2. The number of hydrogen-bond donors (Lipinski definition) is 2. The molecule has 0 spiro atoms. The van der Waals surface area contributed by atoms with Gasteiger partial charge in [-0.2, -0.15) is 0 Å². The molecule has 0 aromatic rings. The normalized spacial score (nSPS) is 9.06. The first-order valence-electron chi connectivity index (χ1n) is 11.6. The smallest absolute Gasteiger partial charge is 0.385 e. The van der Waals surface area contributed by atoms with Crippen LogP contribution in [0.3, 0.4) is 0 Å². The Balaban J connectivity index is -0.0000000825. The van der Waals surface area contributed by atoms with Gasteiger partial charge in [-0.15, -0.1) is 6.42 Å². The van der Waals surface area contributed by atoms with Crippen LogP contribution in [0.2, 0.25) is 0 Å². The van der Waals surface area contributed by atoms with Crippen LogP contribution in [0.4, 0.5) is 0 Å². The molecule has 0 unspecified atom stereocenters. The first-order chi connectivity index (χ1) is 16.6. The molecule has 208 valence electrons. The van der Waals surface area contributed by atoms with E-state index in [1.54, 1.807) is 0 Å². The van der Waals surface area contributed by atoms with Gasteiger partial charge in [0, 0.05) is 28.0 Å². The minimum absolute atomic E-state index is 0. The first kappa shape index (κ1) is 33.4. The van der Waals surface area contributed by atoms with Crippen molar-refractivity contribution in [2.45, 2.75) is 83.7 Å². The highest BCUT2D eigenvalue weighted by atomic mass is 16.6. The Hall–Kier alpha value is -3.78. The monoisotopic (exact) mass is 499 g/mol. The Morgan fingerprint density at radius 1 is 0.800 bits per heavy atom. The Labute approximate surface area is 227 Å². The molecule has 0 rings (SSSR count). The van der Waals surface area contributed by atoms with E-state index in [4.69, 9.17) is 15.9 Å². The van der Waals surface area contributed by atoms with E-state index in [-0.39, 0.29) is 34.9 Å². The van der Waals surface area contributed by atoms with Crippen LogP contribution in [-0.4, -0.2) is 36.4 Å². The van der Waals surface area contributed by atoms with E-state index in [0.29, 0.717) is 0 Å². The van der Waals surface area contributed by atoms with Gasteiger partial charge in [-0.3, -0.25) is 4.79 Å². The fourth-order valence-corrected chi connectivity index (χ4v) is 2.67. The highest BCUT2D eigenvalue weighted by molar-refractivity contribution is 5.89. The quantitative estimate of drug-likeness (QED) is 0.119. The standard InChI is InChI=1S/C29H32O5.H3N.11H2/c1-3-5-7-9-11-13-15-17-19-21-23-28(31)33-26-27(25-30)34-29(32)24-22-20-18-16-14-12-10-8-6-4-2;;;;;;;;;;;;/h1,27,30H,4,6,8,10,12,14,16,18,20,22,24-26H2,2H3;1H3;11*1H/t27-;;;;;;;;;;;;/m1............/s1. The third-order valence-electron chi connectivity index (χ3n) is 4.37. The van der Waals surface area contributed by atoms with Gasteiger partial charge in [0.25, 0.3) is 0 Å². The number of carbonyl (C=O) groups excluding carboxylic acids is 2. The fraction of sp³-hybridized carbons (Fsp3) is 0.517. The first-order valence-corrected chi connectivity index (χ1v) is 11.6. The summed E-state index contributed by atoms with van der Waals surface area (Å²) < 4.78 is 10.0. The van der Waals surface area contributed by atoms with Crippen molar-refractivity contribution in [3.63, 3.8) is 0 Å². The number of aliphatic hydroxyl groups excluding tert-OH is 1. The lowest BCUT2D eigenvalue weighted by atomic mass is 10.1. The molecule has 6 nitrogen and oxygen atoms in total. The van der Waals surface area contributed by atoms with Gasteiger partial charge in [0.1, 0.15) is 6.61 Å². The second-order valence-corrected chi connectivity index (χ2v) is 7.22. The van der Waals surface area contributed by atoms with Crippen molar-refractivity contribution >= 4 is 11.9 Å². The van der Waals surface area contributed by atoms with Crippen molar-refractivity contribution in [3.8, 4) is 71.5 Å². The molecular formula is C29H57NO5. The lowest BCUT2D eigenvalue weighted by Crippen LogP contribution is -2.28. The van der Waals surface area contributed by atoms with Gasteiger partial charge in [-0.25, -0.2) is 4.79 Å². The van der Waals surface area contributed by atoms with Crippen LogP contribution in [0.1, 0.15) is 93.2 Å². The number of aliphatic hydroxyl groups is 1. The van der Waals surface area contributed by atoms with Crippen LogP contribution >= 0.6 is 0 Å². The fourth-order valence-electron chi connectivity index (χ4n) is 2.67. The molecule has 4 N–H and O–H groups in total. The number of ether oxygens (including phenoxy) is 2. The van der Waals surface area contributed by atoms with E-state index in [0.717, 1.165) is 19.3 Å². The third-order valence-corrected chi connectivity index (χ3v) is 4.37. The molecule has 0 aliphatic heterocycles. The summed E-state index contributed by atoms with van der Waals surface area (Å²) in [6.07, 6.45) is 16.0. The summed E-state index contributed by atoms with van der Waals surface area (Å²) in [5.74, 6) is 24.4. The van der Waals surface area contributed by atoms with Crippen LogP contribution in [-0.2, 0) is 19.1 Å². The van der Waals surface area contributed by atoms with Crippen molar-refractivity contribution in [3.05, 3.63) is 0 Å². The number of terminal acetylenes is 1. The molecule has 6 heteroatoms. The molecule has 0 heterocycles. The summed E-state index contributed by atoms with van der Waals surface area (Å²) in [6, 6.07) is 0. The molecule has 0 amide bonds. The van der Waals surface area contributed by atoms with Gasteiger partial charge >= 0.3 is 11.9 Å². The van der Waals surface area contributed by atoms with Crippen LogP contribution in [0, 0.1) is 71.5 Å². The molecule has 0 aliphatic rings. The Bertz CT molecular complexity index is 1000. The number of unbranched alkanes of at least 4 members (excludes halogenated alkanes) is 9. The number of hydrogen-bond acceptors (Lipinski definition) is 6. The molecule has 0 bridgehead atoms. The zero-order chi connectivity index (χ0) is 25.1. The van der Waals surface area contributed by atoms with Crippen molar-refractivity contribution in [2.24, 2.45) is 0 Å². The predicted octanol–water partition coefficient (Wildman–Crippen LogP) is 6.26. The third kappa shape index (κ3) is 24.7. The van der Waals surface area contributed by atoms with E-state index in [9.17, 15) is 14.7 Å². The average molecular weight is 500 g/mol. The molecule has 0 radical (unpaired) electrons. The molecule has 0 aromatic heterocycles. The maximum absolute atomic E-state index is 11.9. The van der Waals surface area contributed by atoms with E-state index in [1.165, 1.54) is 44.9 Å². The second kappa shape index (κ2) is 26.5. The number of rotatable bonds is 15. The lowest BCUT2D eigenvalue weighted by molar-refractivity contribution is -0.159. The second-order valence-electron chi connectivity index (χ2n) is 7.22. The van der Waals surface area contributed by atoms with E-state index in [2.05, 4.69) is 72.0 Å². The summed E-state index contributed by atoms with van der Waals surface area (Å²) in [5.41, 5.74) is 0. The van der Waals surface area contributed by atoms with Crippen molar-refractivity contribution in [2.75, 3.05) is 13.2 Å². The zero-order valence-electron chi connectivity index (χ0n) is 20.6. The Morgan fingerprint density at radius 3 is 1.80 bits per heavy atom. The van der Waals surface area contributed by atoms with E-state index >= 15 is 0 Å². The predicted molar refractivity (Wildman–Crippen MR) is 160 cm³/mol. The molecule has 0 fully saturated rings. The van der Waals surface area contributed by atoms with Crippen LogP contribution < -0.4 is 6.15 Å². The minimum atomic E-state index is -0.922. The van der Waals surface area contributed by atoms with Crippen molar-refractivity contribution in [1.82, 2.24) is 6.15 Å². The summed E-state index contributed by atoms with van der Waals surface area (Å²) in [6.45, 7) is 1.48. The topological polar surface area (TPSA) is 108 Å². The van der Waals surface area contributed by atoms with Crippen LogP contribution in [0.25, 0.3) is 0 Å². The molecule has 0 saturated heterocycles. The average Bonchev–Trinajstić information content (AvgIpc) is 2.84. The molecule has 0 saturated carbocycles. The van der Waals surface area contributed by atoms with Crippen LogP contribution in [0.15, 0.2) is 0 Å². The maximum atomic E-state index is 11.9. The molecule has 0 aliphatic carbocycles. The summed E-state index contributed by atoms with van der Waals surface area (Å²) in [5, 5.41) is 9.33. The summed E-state index contributed by atoms with van der Waals surface area (Å²) in [7, 11) is 0. The Kier molecular flexibility index (Phi) is 25.3. The molecule has 1 atom stereocenters. The van der Waals surface area contributed by atoms with Gasteiger partial charge < -0.3 is 20.7 Å². The van der Waals surface area contributed by atoms with Gasteiger partial charge in [-0.05, 0) is 65.6 Å². The largest absolute Gasteiger partial charge is 0.456 e. The van der Waals surface area contributed by atoms with Crippen molar-refractivity contribution < 1.29 is 39.9 Å². The highest BCUT2D eigenvalue weighted by Gasteiger charge is 2.15. The lowest BCUT2D eigenvalue weighted by Gasteiger charge is -2.14. The SMILES string of the molecule is C#CC#CC#CC#CC#CC#CC(=O)OC[C@@H](CO)OC(=O)CCCCCCCCCCCC.N.[HH].[HH].[HH].[HH].[HH].[HH].[HH].[HH].[HH].[HH].[HH]. The van der Waals surface area contributed by atoms with Crippen molar-refractivity contribution in [1.29, 1.82) is 0 Å². The molecular weight excluding hydrogens is 442 g/mol. The molecule has 35 heavy (non-hydrogen) atoms. The van der Waals surface area contributed by atoms with E-state index in [1.807, 2.05) is 0 Å². The van der Waals surface area contributed by atoms with Gasteiger partial charge in [-0.1, -0.05) is 64.7 Å². The van der Waals surface area contributed by atoms with Gasteiger partial charge in [0.2, 0.25) is 0 Å². The Morgan fingerprint density at radius 2 is 1.29 bits per heavy atom. The molecule has 0 aromatic carbocycles. The zero-order valence-corrected chi connectivity index (χ0v) is 20.6. The minimum Gasteiger partial charge on any atom is -0.456 e.